The van der Waals surface area contributed by atoms with Gasteiger partial charge in [-0.05, 0) is 25.0 Å². The molecule has 0 saturated carbocycles. The molecule has 2 aliphatic rings. The smallest absolute Gasteiger partial charge is 0.0929 e. The molecule has 4 rings (SSSR count). The molecule has 5 heteroatoms. The Morgan fingerprint density at radius 3 is 2.52 bits per heavy atom. The minimum atomic E-state index is 0.293. The van der Waals surface area contributed by atoms with Crippen molar-refractivity contribution in [1.29, 1.82) is 0 Å². The lowest BCUT2D eigenvalue weighted by Gasteiger charge is -2.28. The average Bonchev–Trinajstić information content (AvgIpc) is 3.11. The summed E-state index contributed by atoms with van der Waals surface area (Å²) in [6.07, 6.45) is 3.86. The van der Waals surface area contributed by atoms with Gasteiger partial charge in [-0.2, -0.15) is 22.0 Å². The van der Waals surface area contributed by atoms with Gasteiger partial charge in [-0.1, -0.05) is 30.3 Å². The Labute approximate surface area is 154 Å². The van der Waals surface area contributed by atoms with Crippen molar-refractivity contribution in [2.75, 3.05) is 31.1 Å². The van der Waals surface area contributed by atoms with Crippen LogP contribution in [0.5, 0.6) is 0 Å². The van der Waals surface area contributed by atoms with Gasteiger partial charge in [0.05, 0.1) is 23.6 Å². The molecule has 0 spiro atoms. The Bertz CT molecular complexity index is 658. The molecular formula is C20H25N3OS. The lowest BCUT2D eigenvalue weighted by Crippen LogP contribution is -2.38. The minimum Gasteiger partial charge on any atom is -0.373 e. The maximum Gasteiger partial charge on any atom is 0.0929 e. The third kappa shape index (κ3) is 4.60. The number of aromatic nitrogens is 2. The van der Waals surface area contributed by atoms with Gasteiger partial charge >= 0.3 is 0 Å². The molecule has 2 aliphatic heterocycles. The summed E-state index contributed by atoms with van der Waals surface area (Å²) in [6.45, 7) is 3.51. The van der Waals surface area contributed by atoms with E-state index in [9.17, 15) is 0 Å². The summed E-state index contributed by atoms with van der Waals surface area (Å²) in [5, 5.41) is 8.80. The highest BCUT2D eigenvalue weighted by atomic mass is 32.2. The van der Waals surface area contributed by atoms with Crippen LogP contribution in [0.3, 0.4) is 0 Å². The number of ether oxygens (including phenoxy) is 1. The van der Waals surface area contributed by atoms with Crippen molar-refractivity contribution in [3.05, 3.63) is 48.2 Å². The van der Waals surface area contributed by atoms with Crippen molar-refractivity contribution in [1.82, 2.24) is 15.1 Å². The zero-order valence-corrected chi connectivity index (χ0v) is 15.3. The Kier molecular flexibility index (Phi) is 5.65. The third-order valence-electron chi connectivity index (χ3n) is 4.99. The van der Waals surface area contributed by atoms with Crippen molar-refractivity contribution < 1.29 is 4.74 Å². The summed E-state index contributed by atoms with van der Waals surface area (Å²) in [6, 6.07) is 14.4. The van der Waals surface area contributed by atoms with E-state index < -0.39 is 0 Å². The molecule has 0 N–H and O–H groups in total. The van der Waals surface area contributed by atoms with Crippen LogP contribution >= 0.6 is 11.8 Å². The first kappa shape index (κ1) is 17.0. The van der Waals surface area contributed by atoms with Gasteiger partial charge in [0.15, 0.2) is 0 Å². The molecule has 2 atom stereocenters. The molecule has 1 aromatic heterocycles. The summed E-state index contributed by atoms with van der Waals surface area (Å²) in [5.41, 5.74) is 3.07. The largest absolute Gasteiger partial charge is 0.373 e. The van der Waals surface area contributed by atoms with Gasteiger partial charge in [0.2, 0.25) is 0 Å². The molecule has 4 nitrogen and oxygen atoms in total. The summed E-state index contributed by atoms with van der Waals surface area (Å²) >= 11 is 2.06. The van der Waals surface area contributed by atoms with Gasteiger partial charge in [0.1, 0.15) is 0 Å². The summed E-state index contributed by atoms with van der Waals surface area (Å²) in [4.78, 5) is 2.55. The molecule has 1 aromatic carbocycles. The van der Waals surface area contributed by atoms with E-state index in [0.29, 0.717) is 12.2 Å². The van der Waals surface area contributed by atoms with Crippen LogP contribution in [0.15, 0.2) is 42.5 Å². The fourth-order valence-corrected chi connectivity index (χ4v) is 4.58. The van der Waals surface area contributed by atoms with Crippen LogP contribution in [0.2, 0.25) is 0 Å². The Morgan fingerprint density at radius 1 is 0.960 bits per heavy atom. The molecule has 0 bridgehead atoms. The van der Waals surface area contributed by atoms with Gasteiger partial charge in [0.25, 0.3) is 0 Å². The summed E-state index contributed by atoms with van der Waals surface area (Å²) in [5.74, 6) is 2.53. The van der Waals surface area contributed by atoms with Crippen LogP contribution in [-0.2, 0) is 11.2 Å². The molecule has 3 heterocycles. The molecule has 25 heavy (non-hydrogen) atoms. The number of hydrogen-bond acceptors (Lipinski definition) is 5. The van der Waals surface area contributed by atoms with Crippen molar-refractivity contribution in [3.8, 4) is 11.3 Å². The molecule has 0 radical (unpaired) electrons. The van der Waals surface area contributed by atoms with Gasteiger partial charge < -0.3 is 4.74 Å². The number of rotatable bonds is 5. The second-order valence-corrected chi connectivity index (χ2v) is 8.08. The molecule has 0 amide bonds. The lowest BCUT2D eigenvalue weighted by molar-refractivity contribution is 0.0246. The molecule has 132 valence electrons. The third-order valence-corrected chi connectivity index (χ3v) is 5.93. The van der Waals surface area contributed by atoms with Crippen LogP contribution in [0.4, 0.5) is 0 Å². The zero-order chi connectivity index (χ0) is 16.9. The topological polar surface area (TPSA) is 38.2 Å². The van der Waals surface area contributed by atoms with Gasteiger partial charge in [-0.25, -0.2) is 0 Å². The molecule has 2 saturated heterocycles. The van der Waals surface area contributed by atoms with Crippen molar-refractivity contribution in [2.24, 2.45) is 0 Å². The maximum absolute atomic E-state index is 6.27. The van der Waals surface area contributed by atoms with Gasteiger partial charge in [-0.15, -0.1) is 0 Å². The first-order chi connectivity index (χ1) is 12.4. The fourth-order valence-electron chi connectivity index (χ4n) is 3.60. The van der Waals surface area contributed by atoms with Gasteiger partial charge in [-0.3, -0.25) is 4.90 Å². The standard InChI is InChI=1S/C20H25N3OS/c1-2-4-16(5-3-1)20-9-6-17(21-22-20)14-18-7-8-19(24-18)15-23-10-12-25-13-11-23/h1-6,9,18-19H,7-8,10-15H2/t18-,19+/m0/s1. The fraction of sp³-hybridized carbons (Fsp3) is 0.500. The highest BCUT2D eigenvalue weighted by Gasteiger charge is 2.27. The zero-order valence-electron chi connectivity index (χ0n) is 14.5. The molecule has 0 aliphatic carbocycles. The number of hydrogen-bond donors (Lipinski definition) is 0. The first-order valence-electron chi connectivity index (χ1n) is 9.20. The molecule has 2 fully saturated rings. The normalized spacial score (nSPS) is 24.5. The monoisotopic (exact) mass is 355 g/mol. The maximum atomic E-state index is 6.27. The molecular weight excluding hydrogens is 330 g/mol. The van der Waals surface area contributed by atoms with E-state index >= 15 is 0 Å². The second-order valence-electron chi connectivity index (χ2n) is 6.85. The van der Waals surface area contributed by atoms with Crippen LogP contribution in [0, 0.1) is 0 Å². The van der Waals surface area contributed by atoms with Crippen molar-refractivity contribution in [3.63, 3.8) is 0 Å². The van der Waals surface area contributed by atoms with E-state index in [1.54, 1.807) is 0 Å². The lowest BCUT2D eigenvalue weighted by atomic mass is 10.1. The summed E-state index contributed by atoms with van der Waals surface area (Å²) < 4.78 is 6.27. The minimum absolute atomic E-state index is 0.293. The highest BCUT2D eigenvalue weighted by Crippen LogP contribution is 2.24. The van der Waals surface area contributed by atoms with Crippen LogP contribution in [-0.4, -0.2) is 58.4 Å². The second kappa shape index (κ2) is 8.30. The van der Waals surface area contributed by atoms with E-state index in [1.807, 2.05) is 18.2 Å². The predicted molar refractivity (Wildman–Crippen MR) is 103 cm³/mol. The highest BCUT2D eigenvalue weighted by molar-refractivity contribution is 7.99. The van der Waals surface area contributed by atoms with Crippen molar-refractivity contribution in [2.45, 2.75) is 31.5 Å². The average molecular weight is 356 g/mol. The molecule has 2 aromatic rings. The van der Waals surface area contributed by atoms with Gasteiger partial charge in [0, 0.05) is 43.1 Å². The number of nitrogens with zero attached hydrogens (tertiary/aromatic N) is 3. The van der Waals surface area contributed by atoms with E-state index in [4.69, 9.17) is 4.74 Å². The van der Waals surface area contributed by atoms with Crippen LogP contribution in [0.25, 0.3) is 11.3 Å². The Balaban J connectivity index is 1.29. The summed E-state index contributed by atoms with van der Waals surface area (Å²) in [7, 11) is 0. The number of thioether (sulfide) groups is 1. The number of benzene rings is 1. The van der Waals surface area contributed by atoms with Crippen LogP contribution in [0.1, 0.15) is 18.5 Å². The van der Waals surface area contributed by atoms with Crippen LogP contribution < -0.4 is 0 Å². The van der Waals surface area contributed by atoms with E-state index in [-0.39, 0.29) is 0 Å². The Hall–Kier alpha value is -1.43. The molecule has 0 unspecified atom stereocenters. The van der Waals surface area contributed by atoms with E-state index in [0.717, 1.165) is 36.3 Å². The van der Waals surface area contributed by atoms with E-state index in [2.05, 4.69) is 51.1 Å². The van der Waals surface area contributed by atoms with Crippen molar-refractivity contribution >= 4 is 11.8 Å². The van der Waals surface area contributed by atoms with E-state index in [1.165, 1.54) is 31.0 Å². The first-order valence-corrected chi connectivity index (χ1v) is 10.4. The predicted octanol–water partition coefficient (Wildman–Crippen LogP) is 3.28. The SMILES string of the molecule is c1ccc(-c2ccc(C[C@@H]3CC[C@H](CN4CCSCC4)O3)nn2)cc1. The quantitative estimate of drug-likeness (QED) is 0.823. The Morgan fingerprint density at radius 2 is 1.76 bits per heavy atom.